The molecule has 1 N–H and O–H groups in total. The van der Waals surface area contributed by atoms with E-state index in [9.17, 15) is 9.18 Å². The van der Waals surface area contributed by atoms with E-state index in [4.69, 9.17) is 4.74 Å². The zero-order valence-electron chi connectivity index (χ0n) is 14.0. The first-order valence-corrected chi connectivity index (χ1v) is 8.19. The fourth-order valence-corrected chi connectivity index (χ4v) is 3.24. The molecule has 0 amide bonds. The van der Waals surface area contributed by atoms with E-state index in [0.29, 0.717) is 25.4 Å². The van der Waals surface area contributed by atoms with Crippen molar-refractivity contribution in [1.82, 2.24) is 19.8 Å². The minimum absolute atomic E-state index is 0.0741. The van der Waals surface area contributed by atoms with Gasteiger partial charge >= 0.3 is 0 Å². The number of nitrogens with zero attached hydrogens (tertiary/aromatic N) is 3. The summed E-state index contributed by atoms with van der Waals surface area (Å²) < 4.78 is 21.0. The Labute approximate surface area is 140 Å². The van der Waals surface area contributed by atoms with E-state index in [1.54, 1.807) is 18.7 Å². The van der Waals surface area contributed by atoms with Crippen LogP contribution in [-0.4, -0.2) is 60.5 Å². The SMILES string of the molecule is CNC1CCN(CCn2c(=O)cnc3ccc(OC)cc32)CC1F. The quantitative estimate of drug-likeness (QED) is 0.885. The van der Waals surface area contributed by atoms with Crippen molar-refractivity contribution >= 4 is 11.0 Å². The summed E-state index contributed by atoms with van der Waals surface area (Å²) in [5.74, 6) is 0.683. The van der Waals surface area contributed by atoms with Crippen LogP contribution >= 0.6 is 0 Å². The van der Waals surface area contributed by atoms with Gasteiger partial charge in [0.15, 0.2) is 0 Å². The van der Waals surface area contributed by atoms with Crippen LogP contribution in [0.25, 0.3) is 11.0 Å². The first-order chi connectivity index (χ1) is 11.6. The van der Waals surface area contributed by atoms with Gasteiger partial charge in [-0.1, -0.05) is 0 Å². The number of rotatable bonds is 5. The molecule has 0 saturated carbocycles. The first kappa shape index (κ1) is 16.9. The molecule has 1 aromatic carbocycles. The molecule has 7 heteroatoms. The van der Waals surface area contributed by atoms with Crippen molar-refractivity contribution in [1.29, 1.82) is 0 Å². The van der Waals surface area contributed by atoms with E-state index in [1.807, 2.05) is 18.2 Å². The lowest BCUT2D eigenvalue weighted by Gasteiger charge is -2.34. The lowest BCUT2D eigenvalue weighted by Crippen LogP contribution is -2.50. The van der Waals surface area contributed by atoms with Crippen molar-refractivity contribution in [2.75, 3.05) is 33.8 Å². The third-order valence-corrected chi connectivity index (χ3v) is 4.69. The molecular formula is C17H23FN4O2. The Morgan fingerprint density at radius 2 is 2.25 bits per heavy atom. The van der Waals surface area contributed by atoms with Gasteiger partial charge in [0.05, 0.1) is 24.3 Å². The maximum Gasteiger partial charge on any atom is 0.269 e. The maximum atomic E-state index is 14.1. The van der Waals surface area contributed by atoms with Gasteiger partial charge in [0.25, 0.3) is 5.56 Å². The summed E-state index contributed by atoms with van der Waals surface area (Å²) >= 11 is 0. The van der Waals surface area contributed by atoms with E-state index in [-0.39, 0.29) is 11.6 Å². The monoisotopic (exact) mass is 334 g/mol. The van der Waals surface area contributed by atoms with E-state index in [0.717, 1.165) is 24.0 Å². The van der Waals surface area contributed by atoms with Gasteiger partial charge in [-0.3, -0.25) is 9.69 Å². The zero-order chi connectivity index (χ0) is 17.1. The molecule has 3 rings (SSSR count). The van der Waals surface area contributed by atoms with Crippen LogP contribution in [0, 0.1) is 0 Å². The van der Waals surface area contributed by atoms with Gasteiger partial charge in [0, 0.05) is 31.7 Å². The summed E-state index contributed by atoms with van der Waals surface area (Å²) in [6.45, 7) is 2.36. The van der Waals surface area contributed by atoms with E-state index >= 15 is 0 Å². The topological polar surface area (TPSA) is 59.4 Å². The van der Waals surface area contributed by atoms with Crippen molar-refractivity contribution in [2.45, 2.75) is 25.2 Å². The summed E-state index contributed by atoms with van der Waals surface area (Å²) in [5.41, 5.74) is 1.33. The number of ether oxygens (including phenoxy) is 1. The molecule has 0 spiro atoms. The molecule has 1 fully saturated rings. The Morgan fingerprint density at radius 3 is 2.96 bits per heavy atom. The third kappa shape index (κ3) is 3.42. The molecule has 2 unspecified atom stereocenters. The Kier molecular flexibility index (Phi) is 5.11. The predicted octanol–water partition coefficient (Wildman–Crippen LogP) is 1.04. The molecule has 2 aromatic rings. The van der Waals surface area contributed by atoms with Crippen LogP contribution in [0.5, 0.6) is 5.75 Å². The van der Waals surface area contributed by atoms with E-state index in [2.05, 4.69) is 15.2 Å². The third-order valence-electron chi connectivity index (χ3n) is 4.69. The van der Waals surface area contributed by atoms with Crippen LogP contribution in [-0.2, 0) is 6.54 Å². The van der Waals surface area contributed by atoms with Crippen LogP contribution in [0.1, 0.15) is 6.42 Å². The second-order valence-corrected chi connectivity index (χ2v) is 6.10. The van der Waals surface area contributed by atoms with Gasteiger partial charge < -0.3 is 14.6 Å². The van der Waals surface area contributed by atoms with Crippen LogP contribution in [0.15, 0.2) is 29.2 Å². The van der Waals surface area contributed by atoms with E-state index in [1.165, 1.54) is 6.20 Å². The number of hydrogen-bond donors (Lipinski definition) is 1. The maximum absolute atomic E-state index is 14.1. The number of fused-ring (bicyclic) bond motifs is 1. The molecule has 1 aromatic heterocycles. The van der Waals surface area contributed by atoms with E-state index < -0.39 is 6.17 Å². The molecule has 130 valence electrons. The Bertz CT molecular complexity index is 764. The predicted molar refractivity (Wildman–Crippen MR) is 91.4 cm³/mol. The molecule has 2 heterocycles. The number of alkyl halides is 1. The summed E-state index contributed by atoms with van der Waals surface area (Å²) in [6.07, 6.45) is 1.23. The zero-order valence-corrected chi connectivity index (χ0v) is 14.0. The van der Waals surface area contributed by atoms with Crippen LogP contribution in [0.3, 0.4) is 0 Å². The summed E-state index contributed by atoms with van der Waals surface area (Å²) in [7, 11) is 3.39. The van der Waals surface area contributed by atoms with Crippen molar-refractivity contribution in [3.05, 3.63) is 34.7 Å². The average Bonchev–Trinajstić information content (AvgIpc) is 2.60. The van der Waals surface area contributed by atoms with Gasteiger partial charge in [-0.25, -0.2) is 9.37 Å². The normalized spacial score (nSPS) is 22.0. The van der Waals surface area contributed by atoms with Crippen LogP contribution in [0.2, 0.25) is 0 Å². The van der Waals surface area contributed by atoms with Gasteiger partial charge in [0.1, 0.15) is 11.9 Å². The van der Waals surface area contributed by atoms with Crippen molar-refractivity contribution in [3.63, 3.8) is 0 Å². The second-order valence-electron chi connectivity index (χ2n) is 6.10. The smallest absolute Gasteiger partial charge is 0.269 e. The first-order valence-electron chi connectivity index (χ1n) is 8.19. The van der Waals surface area contributed by atoms with Crippen molar-refractivity contribution in [3.8, 4) is 5.75 Å². The van der Waals surface area contributed by atoms with Crippen molar-refractivity contribution in [2.24, 2.45) is 0 Å². The van der Waals surface area contributed by atoms with Gasteiger partial charge in [-0.2, -0.15) is 0 Å². The molecule has 0 radical (unpaired) electrons. The number of methoxy groups -OCH3 is 1. The number of halogens is 1. The largest absolute Gasteiger partial charge is 0.497 e. The summed E-state index contributed by atoms with van der Waals surface area (Å²) in [5, 5.41) is 3.01. The molecule has 0 aliphatic carbocycles. The Balaban J connectivity index is 1.78. The lowest BCUT2D eigenvalue weighted by molar-refractivity contribution is 0.104. The fourth-order valence-electron chi connectivity index (χ4n) is 3.24. The molecule has 1 aliphatic rings. The molecular weight excluding hydrogens is 311 g/mol. The molecule has 2 atom stereocenters. The number of piperidine rings is 1. The number of benzene rings is 1. The number of likely N-dealkylation sites (tertiary alicyclic amines) is 1. The minimum Gasteiger partial charge on any atom is -0.497 e. The molecule has 0 bridgehead atoms. The summed E-state index contributed by atoms with van der Waals surface area (Å²) in [4.78, 5) is 18.5. The fraction of sp³-hybridized carbons (Fsp3) is 0.529. The average molecular weight is 334 g/mol. The van der Waals surface area contributed by atoms with Gasteiger partial charge in [-0.05, 0) is 32.1 Å². The van der Waals surface area contributed by atoms with Crippen LogP contribution < -0.4 is 15.6 Å². The highest BCUT2D eigenvalue weighted by Crippen LogP contribution is 2.18. The highest BCUT2D eigenvalue weighted by molar-refractivity contribution is 5.76. The molecule has 6 nitrogen and oxygen atoms in total. The second kappa shape index (κ2) is 7.27. The lowest BCUT2D eigenvalue weighted by atomic mass is 10.0. The Morgan fingerprint density at radius 1 is 1.42 bits per heavy atom. The Hall–Kier alpha value is -1.99. The highest BCUT2D eigenvalue weighted by Gasteiger charge is 2.27. The number of nitrogens with one attached hydrogen (secondary N) is 1. The standard InChI is InChI=1S/C17H23FN4O2/c1-19-14-5-6-21(11-13(14)18)7-8-22-16-9-12(24-2)3-4-15(16)20-10-17(22)23/h3-4,9-10,13-14,19H,5-8,11H2,1-2H3. The minimum atomic E-state index is -0.880. The highest BCUT2D eigenvalue weighted by atomic mass is 19.1. The van der Waals surface area contributed by atoms with Crippen molar-refractivity contribution < 1.29 is 9.13 Å². The van der Waals surface area contributed by atoms with Crippen LogP contribution in [0.4, 0.5) is 4.39 Å². The number of aromatic nitrogens is 2. The van der Waals surface area contributed by atoms with Gasteiger partial charge in [0.2, 0.25) is 0 Å². The summed E-state index contributed by atoms with van der Waals surface area (Å²) in [6, 6.07) is 5.39. The molecule has 1 aliphatic heterocycles. The van der Waals surface area contributed by atoms with Gasteiger partial charge in [-0.15, -0.1) is 0 Å². The number of hydrogen-bond acceptors (Lipinski definition) is 5. The molecule has 1 saturated heterocycles. The molecule has 24 heavy (non-hydrogen) atoms.